The summed E-state index contributed by atoms with van der Waals surface area (Å²) in [5.74, 6) is -1.13. The predicted molar refractivity (Wildman–Crippen MR) is 89.4 cm³/mol. The number of fused-ring (bicyclic) bond motifs is 1. The van der Waals surface area contributed by atoms with Crippen LogP contribution in [0.25, 0.3) is 16.6 Å². The first-order valence-corrected chi connectivity index (χ1v) is 7.46. The highest BCUT2D eigenvalue weighted by atomic mass is 79.9. The maximum Gasteiger partial charge on any atom is 0.337 e. The van der Waals surface area contributed by atoms with Crippen LogP contribution >= 0.6 is 28.1 Å². The normalized spacial score (nSPS) is 10.8. The first kappa shape index (κ1) is 14.7. The van der Waals surface area contributed by atoms with Gasteiger partial charge >= 0.3 is 5.97 Å². The SMILES string of the molecule is O=C(O)c1cc(Br)ccc1-n1c(=S)[nH]c2ccccc2c1=O. The Morgan fingerprint density at radius 3 is 2.68 bits per heavy atom. The number of aromatic carboxylic acids is 1. The summed E-state index contributed by atoms with van der Waals surface area (Å²) >= 11 is 8.46. The Labute approximate surface area is 138 Å². The molecular weight excluding hydrogens is 368 g/mol. The summed E-state index contributed by atoms with van der Waals surface area (Å²) in [6.45, 7) is 0. The molecule has 0 aliphatic rings. The summed E-state index contributed by atoms with van der Waals surface area (Å²) in [4.78, 5) is 27.1. The van der Waals surface area contributed by atoms with Crippen LogP contribution in [0.1, 0.15) is 10.4 Å². The molecule has 0 fully saturated rings. The number of nitrogens with one attached hydrogen (secondary N) is 1. The van der Waals surface area contributed by atoms with Crippen molar-refractivity contribution in [1.82, 2.24) is 9.55 Å². The van der Waals surface area contributed by atoms with Gasteiger partial charge in [0.05, 0.1) is 22.2 Å². The van der Waals surface area contributed by atoms with Gasteiger partial charge in [0.1, 0.15) is 0 Å². The molecular formula is C15H9BrN2O3S. The molecule has 22 heavy (non-hydrogen) atoms. The number of carboxylic acids is 1. The van der Waals surface area contributed by atoms with Gasteiger partial charge in [-0.25, -0.2) is 4.79 Å². The topological polar surface area (TPSA) is 75.1 Å². The van der Waals surface area contributed by atoms with Crippen molar-refractivity contribution in [3.05, 3.63) is 67.6 Å². The third-order valence-corrected chi connectivity index (χ3v) is 4.01. The van der Waals surface area contributed by atoms with Gasteiger partial charge in [-0.3, -0.25) is 9.36 Å². The van der Waals surface area contributed by atoms with E-state index in [0.717, 1.165) is 0 Å². The molecule has 0 radical (unpaired) electrons. The minimum atomic E-state index is -1.13. The minimum Gasteiger partial charge on any atom is -0.478 e. The van der Waals surface area contributed by atoms with Crippen molar-refractivity contribution in [3.8, 4) is 5.69 Å². The predicted octanol–water partition coefficient (Wildman–Crippen LogP) is 3.51. The zero-order chi connectivity index (χ0) is 15.9. The maximum absolute atomic E-state index is 12.7. The lowest BCUT2D eigenvalue weighted by Gasteiger charge is -2.11. The van der Waals surface area contributed by atoms with Crippen LogP contribution in [0.5, 0.6) is 0 Å². The first-order chi connectivity index (χ1) is 10.5. The number of aromatic amines is 1. The number of carbonyl (C=O) groups is 1. The number of benzene rings is 2. The fourth-order valence-electron chi connectivity index (χ4n) is 2.26. The molecule has 3 aromatic rings. The van der Waals surface area contributed by atoms with E-state index in [9.17, 15) is 14.7 Å². The van der Waals surface area contributed by atoms with Gasteiger partial charge in [0.2, 0.25) is 0 Å². The van der Waals surface area contributed by atoms with Gasteiger partial charge in [0.25, 0.3) is 5.56 Å². The number of para-hydroxylation sites is 1. The van der Waals surface area contributed by atoms with Crippen LogP contribution in [0, 0.1) is 4.77 Å². The molecule has 0 unspecified atom stereocenters. The number of hydrogen-bond donors (Lipinski definition) is 2. The summed E-state index contributed by atoms with van der Waals surface area (Å²) in [6.07, 6.45) is 0. The smallest absolute Gasteiger partial charge is 0.337 e. The molecule has 1 aromatic heterocycles. The van der Waals surface area contributed by atoms with Crippen molar-refractivity contribution in [3.63, 3.8) is 0 Å². The van der Waals surface area contributed by atoms with Crippen molar-refractivity contribution >= 4 is 45.0 Å². The van der Waals surface area contributed by atoms with Gasteiger partial charge in [0.15, 0.2) is 4.77 Å². The number of carboxylic acid groups (broad SMARTS) is 1. The Balaban J connectivity index is 2.44. The lowest BCUT2D eigenvalue weighted by Crippen LogP contribution is -2.22. The van der Waals surface area contributed by atoms with Gasteiger partial charge in [-0.2, -0.15) is 0 Å². The Morgan fingerprint density at radius 2 is 1.95 bits per heavy atom. The summed E-state index contributed by atoms with van der Waals surface area (Å²) in [5, 5.41) is 9.81. The summed E-state index contributed by atoms with van der Waals surface area (Å²) < 4.78 is 1.96. The van der Waals surface area contributed by atoms with Gasteiger partial charge in [-0.05, 0) is 42.5 Å². The molecule has 7 heteroatoms. The van der Waals surface area contributed by atoms with E-state index < -0.39 is 5.97 Å². The van der Waals surface area contributed by atoms with Crippen LogP contribution < -0.4 is 5.56 Å². The van der Waals surface area contributed by atoms with E-state index in [1.54, 1.807) is 36.4 Å². The molecule has 0 aliphatic carbocycles. The lowest BCUT2D eigenvalue weighted by molar-refractivity contribution is 0.0697. The molecule has 0 bridgehead atoms. The number of nitrogens with zero attached hydrogens (tertiary/aromatic N) is 1. The number of aromatic nitrogens is 2. The van der Waals surface area contributed by atoms with E-state index in [1.807, 2.05) is 0 Å². The standard InChI is InChI=1S/C15H9BrN2O3S/c16-8-5-6-12(10(7-8)14(20)21)18-13(19)9-3-1-2-4-11(9)17-15(18)22/h1-7H,(H,17,22)(H,20,21). The highest BCUT2D eigenvalue weighted by molar-refractivity contribution is 9.10. The Hall–Kier alpha value is -2.25. The quantitative estimate of drug-likeness (QED) is 0.671. The average Bonchev–Trinajstić information content (AvgIpc) is 2.48. The third-order valence-electron chi connectivity index (χ3n) is 3.24. The molecule has 1 heterocycles. The zero-order valence-corrected chi connectivity index (χ0v) is 13.4. The number of H-pyrrole nitrogens is 1. The van der Waals surface area contributed by atoms with E-state index in [1.165, 1.54) is 10.6 Å². The monoisotopic (exact) mass is 376 g/mol. The van der Waals surface area contributed by atoms with Crippen molar-refractivity contribution in [1.29, 1.82) is 0 Å². The molecule has 0 saturated heterocycles. The summed E-state index contributed by atoms with van der Waals surface area (Å²) in [5.41, 5.74) is 0.478. The van der Waals surface area contributed by atoms with Gasteiger partial charge in [-0.1, -0.05) is 28.1 Å². The fourth-order valence-corrected chi connectivity index (χ4v) is 2.91. The second-order valence-corrected chi connectivity index (χ2v) is 5.89. The van der Waals surface area contributed by atoms with Gasteiger partial charge < -0.3 is 10.1 Å². The molecule has 0 aliphatic heterocycles. The molecule has 2 aromatic carbocycles. The fraction of sp³-hybridized carbons (Fsp3) is 0. The Bertz CT molecular complexity index is 1020. The number of halogens is 1. The van der Waals surface area contributed by atoms with Crippen molar-refractivity contribution in [2.45, 2.75) is 0 Å². The average molecular weight is 377 g/mol. The number of hydrogen-bond acceptors (Lipinski definition) is 3. The van der Waals surface area contributed by atoms with Crippen LogP contribution in [0.3, 0.4) is 0 Å². The molecule has 0 spiro atoms. The van der Waals surface area contributed by atoms with Crippen LogP contribution in [0.4, 0.5) is 0 Å². The van der Waals surface area contributed by atoms with E-state index in [0.29, 0.717) is 15.4 Å². The largest absolute Gasteiger partial charge is 0.478 e. The van der Waals surface area contributed by atoms with Crippen LogP contribution in [-0.4, -0.2) is 20.6 Å². The molecule has 3 rings (SSSR count). The van der Waals surface area contributed by atoms with Crippen molar-refractivity contribution < 1.29 is 9.90 Å². The van der Waals surface area contributed by atoms with Crippen LogP contribution in [0.15, 0.2) is 51.7 Å². The molecule has 5 nitrogen and oxygen atoms in total. The molecule has 0 amide bonds. The van der Waals surface area contributed by atoms with Gasteiger partial charge in [-0.15, -0.1) is 0 Å². The second kappa shape index (κ2) is 5.51. The molecule has 110 valence electrons. The van der Waals surface area contributed by atoms with E-state index in [-0.39, 0.29) is 21.6 Å². The third kappa shape index (κ3) is 2.38. The summed E-state index contributed by atoms with van der Waals surface area (Å²) in [6, 6.07) is 11.6. The first-order valence-electron chi connectivity index (χ1n) is 6.26. The highest BCUT2D eigenvalue weighted by Crippen LogP contribution is 2.20. The van der Waals surface area contributed by atoms with Crippen molar-refractivity contribution in [2.75, 3.05) is 0 Å². The molecule has 0 saturated carbocycles. The molecule has 2 N–H and O–H groups in total. The van der Waals surface area contributed by atoms with Crippen LogP contribution in [-0.2, 0) is 0 Å². The maximum atomic E-state index is 12.7. The van der Waals surface area contributed by atoms with E-state index in [2.05, 4.69) is 20.9 Å². The second-order valence-electron chi connectivity index (χ2n) is 4.58. The van der Waals surface area contributed by atoms with Gasteiger partial charge in [0, 0.05) is 4.47 Å². The van der Waals surface area contributed by atoms with E-state index in [4.69, 9.17) is 12.2 Å². The van der Waals surface area contributed by atoms with Crippen LogP contribution in [0.2, 0.25) is 0 Å². The highest BCUT2D eigenvalue weighted by Gasteiger charge is 2.15. The minimum absolute atomic E-state index is 0.00810. The zero-order valence-electron chi connectivity index (χ0n) is 11.0. The van der Waals surface area contributed by atoms with E-state index >= 15 is 0 Å². The summed E-state index contributed by atoms with van der Waals surface area (Å²) in [7, 11) is 0. The molecule has 0 atom stereocenters. The van der Waals surface area contributed by atoms with Crippen molar-refractivity contribution in [2.24, 2.45) is 0 Å². The Morgan fingerprint density at radius 1 is 1.23 bits per heavy atom. The lowest BCUT2D eigenvalue weighted by atomic mass is 10.1. The Kier molecular flexibility index (Phi) is 3.67. The number of rotatable bonds is 2.